The Kier molecular flexibility index (Phi) is 6.44. The first-order valence-corrected chi connectivity index (χ1v) is 11.3. The summed E-state index contributed by atoms with van der Waals surface area (Å²) in [5.74, 6) is 0.604. The van der Waals surface area contributed by atoms with Gasteiger partial charge in [0.15, 0.2) is 0 Å². The number of hydrogen-bond donors (Lipinski definition) is 0. The summed E-state index contributed by atoms with van der Waals surface area (Å²) in [6.45, 7) is 3.73. The van der Waals surface area contributed by atoms with Gasteiger partial charge in [0, 0.05) is 45.8 Å². The van der Waals surface area contributed by atoms with E-state index >= 15 is 0 Å². The number of carbonyl (C=O) groups excluding carboxylic acids is 3. The fourth-order valence-electron chi connectivity index (χ4n) is 3.88. The van der Waals surface area contributed by atoms with E-state index in [0.717, 1.165) is 19.4 Å². The molecule has 3 aliphatic rings. The Morgan fingerprint density at radius 3 is 2.69 bits per heavy atom. The van der Waals surface area contributed by atoms with Gasteiger partial charge in [0.1, 0.15) is 11.4 Å². The number of rotatable bonds is 8. The number of amides is 3. The van der Waals surface area contributed by atoms with Crippen LogP contribution in [0.25, 0.3) is 0 Å². The quantitative estimate of drug-likeness (QED) is 0.632. The third-order valence-corrected chi connectivity index (χ3v) is 6.51. The molecule has 1 saturated carbocycles. The second-order valence-corrected chi connectivity index (χ2v) is 9.01. The molecule has 3 fully saturated rings. The van der Waals surface area contributed by atoms with Gasteiger partial charge >= 0.3 is 0 Å². The van der Waals surface area contributed by atoms with Gasteiger partial charge in [-0.15, -0.1) is 11.3 Å². The lowest BCUT2D eigenvalue weighted by Crippen LogP contribution is -2.40. The Labute approximate surface area is 174 Å². The average molecular weight is 421 g/mol. The van der Waals surface area contributed by atoms with Crippen LogP contribution < -0.4 is 0 Å². The normalized spacial score (nSPS) is 23.0. The fourth-order valence-corrected chi connectivity index (χ4v) is 4.47. The van der Waals surface area contributed by atoms with Crippen molar-refractivity contribution in [2.45, 2.75) is 38.2 Å². The molecule has 0 aromatic carbocycles. The monoisotopic (exact) mass is 420 g/mol. The highest BCUT2D eigenvalue weighted by Gasteiger charge is 2.33. The van der Waals surface area contributed by atoms with Crippen molar-refractivity contribution < 1.29 is 19.1 Å². The van der Waals surface area contributed by atoms with Crippen molar-refractivity contribution in [1.82, 2.24) is 19.7 Å². The van der Waals surface area contributed by atoms with Gasteiger partial charge in [-0.05, 0) is 31.6 Å². The lowest BCUT2D eigenvalue weighted by Gasteiger charge is -2.25. The molecular formula is C20H28N4O4S. The zero-order valence-electron chi connectivity index (χ0n) is 16.6. The molecule has 3 heterocycles. The van der Waals surface area contributed by atoms with Gasteiger partial charge in [0.2, 0.25) is 11.8 Å². The topological polar surface area (TPSA) is 83.1 Å². The number of nitrogens with zero attached hydrogens (tertiary/aromatic N) is 4. The number of likely N-dealkylation sites (tertiary alicyclic amines) is 1. The van der Waals surface area contributed by atoms with Crippen LogP contribution in [0, 0.1) is 5.92 Å². The highest BCUT2D eigenvalue weighted by atomic mass is 32.1. The van der Waals surface area contributed by atoms with Crippen LogP contribution in [0.1, 0.15) is 41.8 Å². The molecule has 0 N–H and O–H groups in total. The van der Waals surface area contributed by atoms with E-state index in [4.69, 9.17) is 4.74 Å². The minimum atomic E-state index is -0.188. The van der Waals surface area contributed by atoms with E-state index in [1.165, 1.54) is 24.2 Å². The highest BCUT2D eigenvalue weighted by Crippen LogP contribution is 2.29. The predicted molar refractivity (Wildman–Crippen MR) is 107 cm³/mol. The Morgan fingerprint density at radius 1 is 1.17 bits per heavy atom. The summed E-state index contributed by atoms with van der Waals surface area (Å²) in [4.78, 5) is 47.3. The molecule has 0 bridgehead atoms. The Hall–Kier alpha value is -2.00. The maximum absolute atomic E-state index is 12.9. The molecule has 2 saturated heterocycles. The first-order chi connectivity index (χ1) is 14.1. The Morgan fingerprint density at radius 2 is 2.00 bits per heavy atom. The Bertz CT molecular complexity index is 737. The van der Waals surface area contributed by atoms with Crippen LogP contribution in [0.15, 0.2) is 11.7 Å². The molecule has 1 aromatic heterocycles. The summed E-state index contributed by atoms with van der Waals surface area (Å²) >= 11 is 1.29. The number of aromatic nitrogens is 1. The summed E-state index contributed by atoms with van der Waals surface area (Å²) in [6, 6.07) is 0. The molecule has 3 amide bonds. The minimum Gasteiger partial charge on any atom is -0.374 e. The van der Waals surface area contributed by atoms with E-state index in [0.29, 0.717) is 50.0 Å². The summed E-state index contributed by atoms with van der Waals surface area (Å²) in [5.41, 5.74) is 1.62. The molecule has 0 spiro atoms. The van der Waals surface area contributed by atoms with E-state index in [1.54, 1.807) is 21.5 Å². The average Bonchev–Trinajstić information content (AvgIpc) is 3.25. The van der Waals surface area contributed by atoms with Crippen LogP contribution in [0.4, 0.5) is 0 Å². The van der Waals surface area contributed by atoms with E-state index in [2.05, 4.69) is 4.98 Å². The van der Waals surface area contributed by atoms with Crippen LogP contribution in [-0.4, -0.2) is 89.4 Å². The Balaban J connectivity index is 1.37. The number of ether oxygens (including phenoxy) is 1. The molecule has 158 valence electrons. The van der Waals surface area contributed by atoms with Gasteiger partial charge in [0.05, 0.1) is 17.8 Å². The number of hydrogen-bond acceptors (Lipinski definition) is 6. The molecule has 4 rings (SSSR count). The van der Waals surface area contributed by atoms with E-state index in [-0.39, 0.29) is 30.4 Å². The molecule has 9 heteroatoms. The van der Waals surface area contributed by atoms with Crippen LogP contribution >= 0.6 is 11.3 Å². The SMILES string of the molecule is O=C1CCCN1CCCN1CC(OCC2CC2)CN(C(=O)c2cncs2)CC1=O. The second kappa shape index (κ2) is 9.21. The van der Waals surface area contributed by atoms with Gasteiger partial charge in [-0.25, -0.2) is 0 Å². The van der Waals surface area contributed by atoms with Gasteiger partial charge in [-0.3, -0.25) is 19.4 Å². The lowest BCUT2D eigenvalue weighted by atomic mass is 10.3. The standard InChI is InChI=1S/C20H28N4O4S/c25-18-3-1-6-22(18)7-2-8-23-10-16(28-13-15-4-5-15)11-24(12-19(23)26)20(27)17-9-21-14-29-17/h9,14-16H,1-8,10-13H2. The smallest absolute Gasteiger partial charge is 0.266 e. The van der Waals surface area contributed by atoms with Gasteiger partial charge in [-0.2, -0.15) is 0 Å². The number of carbonyl (C=O) groups is 3. The van der Waals surface area contributed by atoms with Crippen LogP contribution in [-0.2, 0) is 14.3 Å². The third kappa shape index (κ3) is 5.33. The van der Waals surface area contributed by atoms with Crippen molar-refractivity contribution in [3.63, 3.8) is 0 Å². The zero-order valence-corrected chi connectivity index (χ0v) is 17.4. The largest absolute Gasteiger partial charge is 0.374 e. The van der Waals surface area contributed by atoms with Crippen LogP contribution in [0.5, 0.6) is 0 Å². The molecule has 1 aliphatic carbocycles. The molecule has 1 atom stereocenters. The molecule has 2 aliphatic heterocycles. The van der Waals surface area contributed by atoms with Crippen molar-refractivity contribution in [1.29, 1.82) is 0 Å². The molecule has 0 radical (unpaired) electrons. The van der Waals surface area contributed by atoms with Crippen molar-refractivity contribution in [2.75, 3.05) is 45.9 Å². The molecule has 8 nitrogen and oxygen atoms in total. The maximum atomic E-state index is 12.9. The maximum Gasteiger partial charge on any atom is 0.266 e. The first-order valence-electron chi connectivity index (χ1n) is 10.4. The summed E-state index contributed by atoms with van der Waals surface area (Å²) in [5, 5.41) is 0. The zero-order chi connectivity index (χ0) is 20.2. The third-order valence-electron chi connectivity index (χ3n) is 5.75. The summed E-state index contributed by atoms with van der Waals surface area (Å²) in [6.07, 6.45) is 6.06. The van der Waals surface area contributed by atoms with Gasteiger partial charge < -0.3 is 19.4 Å². The van der Waals surface area contributed by atoms with Crippen molar-refractivity contribution >= 4 is 29.1 Å². The molecular weight excluding hydrogens is 392 g/mol. The fraction of sp³-hybridized carbons (Fsp3) is 0.700. The summed E-state index contributed by atoms with van der Waals surface area (Å²) in [7, 11) is 0. The van der Waals surface area contributed by atoms with E-state index < -0.39 is 0 Å². The molecule has 29 heavy (non-hydrogen) atoms. The van der Waals surface area contributed by atoms with Crippen LogP contribution in [0.3, 0.4) is 0 Å². The first kappa shape index (κ1) is 20.3. The lowest BCUT2D eigenvalue weighted by molar-refractivity contribution is -0.131. The van der Waals surface area contributed by atoms with Gasteiger partial charge in [-0.1, -0.05) is 0 Å². The van der Waals surface area contributed by atoms with Crippen molar-refractivity contribution in [3.8, 4) is 0 Å². The molecule has 1 aromatic rings. The van der Waals surface area contributed by atoms with E-state index in [9.17, 15) is 14.4 Å². The van der Waals surface area contributed by atoms with Crippen LogP contribution in [0.2, 0.25) is 0 Å². The second-order valence-electron chi connectivity index (χ2n) is 8.13. The van der Waals surface area contributed by atoms with Gasteiger partial charge in [0.25, 0.3) is 5.91 Å². The minimum absolute atomic E-state index is 0.0582. The van der Waals surface area contributed by atoms with Crippen molar-refractivity contribution in [3.05, 3.63) is 16.6 Å². The predicted octanol–water partition coefficient (Wildman–Crippen LogP) is 1.24. The molecule has 1 unspecified atom stereocenters. The van der Waals surface area contributed by atoms with Crippen molar-refractivity contribution in [2.24, 2.45) is 5.92 Å². The number of thiazole rings is 1. The highest BCUT2D eigenvalue weighted by molar-refractivity contribution is 7.11. The van der Waals surface area contributed by atoms with E-state index in [1.807, 2.05) is 4.90 Å². The summed E-state index contributed by atoms with van der Waals surface area (Å²) < 4.78 is 6.10.